The van der Waals surface area contributed by atoms with Crippen LogP contribution in [0, 0.1) is 0 Å². The fourth-order valence-corrected chi connectivity index (χ4v) is 4.03. The maximum absolute atomic E-state index is 12.8. The predicted octanol–water partition coefficient (Wildman–Crippen LogP) is 2.59. The molecule has 0 unspecified atom stereocenters. The Bertz CT molecular complexity index is 1180. The van der Waals surface area contributed by atoms with Gasteiger partial charge in [-0.15, -0.1) is 0 Å². The van der Waals surface area contributed by atoms with Crippen LogP contribution in [0.1, 0.15) is 5.56 Å². The Morgan fingerprint density at radius 2 is 2.12 bits per heavy atom. The molecule has 2 aromatic carbocycles. The summed E-state index contributed by atoms with van der Waals surface area (Å²) in [5.41, 5.74) is 2.30. The summed E-state index contributed by atoms with van der Waals surface area (Å²) in [4.78, 5) is 18.0. The highest BCUT2D eigenvalue weighted by Crippen LogP contribution is 2.24. The van der Waals surface area contributed by atoms with E-state index in [4.69, 9.17) is 9.84 Å². The molecule has 7 heteroatoms. The molecule has 0 bridgehead atoms. The van der Waals surface area contributed by atoms with Gasteiger partial charge in [0.25, 0.3) is 5.56 Å². The normalized spacial score (nSPS) is 12.3. The number of aromatic nitrogens is 2. The Balaban J connectivity index is 1.91. The van der Waals surface area contributed by atoms with E-state index in [1.807, 2.05) is 42.5 Å². The van der Waals surface area contributed by atoms with E-state index in [0.717, 1.165) is 21.1 Å². The average molecular weight is 417 g/mol. The quantitative estimate of drug-likeness (QED) is 0.555. The number of hydrogen-bond acceptors (Lipinski definition) is 5. The third-order valence-electron chi connectivity index (χ3n) is 3.75. The standard InChI is InChI=1S/C18H13BrN2O3S/c19-12-5-6-15(24-8-7-22)11(9-12)10-16-17(23)21-14-4-2-1-3-13(14)20-18(21)25-16/h1-6,9-10,22H,7-8H2/b16-10+. The first-order valence-electron chi connectivity index (χ1n) is 7.62. The first-order valence-corrected chi connectivity index (χ1v) is 9.23. The van der Waals surface area contributed by atoms with Crippen molar-refractivity contribution in [2.24, 2.45) is 0 Å². The topological polar surface area (TPSA) is 63.8 Å². The number of hydrogen-bond donors (Lipinski definition) is 1. The van der Waals surface area contributed by atoms with Gasteiger partial charge in [-0.25, -0.2) is 9.38 Å². The van der Waals surface area contributed by atoms with E-state index in [2.05, 4.69) is 20.9 Å². The van der Waals surface area contributed by atoms with Gasteiger partial charge in [-0.1, -0.05) is 39.4 Å². The van der Waals surface area contributed by atoms with Gasteiger partial charge < -0.3 is 9.84 Å². The first-order chi connectivity index (χ1) is 12.2. The Labute approximate surface area is 154 Å². The van der Waals surface area contributed by atoms with Gasteiger partial charge in [0.05, 0.1) is 22.2 Å². The highest BCUT2D eigenvalue weighted by molar-refractivity contribution is 9.10. The summed E-state index contributed by atoms with van der Waals surface area (Å²) in [6.07, 6.45) is 1.80. The molecule has 0 atom stereocenters. The third-order valence-corrected chi connectivity index (χ3v) is 5.21. The van der Waals surface area contributed by atoms with E-state index in [1.54, 1.807) is 10.5 Å². The van der Waals surface area contributed by atoms with E-state index >= 15 is 0 Å². The van der Waals surface area contributed by atoms with Crippen molar-refractivity contribution in [2.45, 2.75) is 0 Å². The number of halogens is 1. The molecule has 4 aromatic rings. The van der Waals surface area contributed by atoms with Crippen LogP contribution in [0.4, 0.5) is 0 Å². The molecule has 0 aliphatic heterocycles. The lowest BCUT2D eigenvalue weighted by molar-refractivity contribution is 0.201. The first kappa shape index (κ1) is 16.3. The van der Waals surface area contributed by atoms with Crippen LogP contribution in [-0.4, -0.2) is 27.7 Å². The lowest BCUT2D eigenvalue weighted by Gasteiger charge is -2.07. The van der Waals surface area contributed by atoms with Crippen LogP contribution in [0.15, 0.2) is 51.7 Å². The van der Waals surface area contributed by atoms with E-state index in [-0.39, 0.29) is 18.8 Å². The van der Waals surface area contributed by atoms with Crippen molar-refractivity contribution >= 4 is 49.3 Å². The van der Waals surface area contributed by atoms with Gasteiger partial charge in [0.2, 0.25) is 0 Å². The molecular formula is C18H13BrN2O3S. The summed E-state index contributed by atoms with van der Waals surface area (Å²) in [6.45, 7) is 0.131. The van der Waals surface area contributed by atoms with Crippen molar-refractivity contribution in [3.05, 3.63) is 67.4 Å². The zero-order chi connectivity index (χ0) is 17.4. The second-order valence-electron chi connectivity index (χ2n) is 5.39. The zero-order valence-electron chi connectivity index (χ0n) is 13.0. The number of aliphatic hydroxyl groups excluding tert-OH is 1. The van der Waals surface area contributed by atoms with Crippen LogP contribution < -0.4 is 14.8 Å². The van der Waals surface area contributed by atoms with Crippen molar-refractivity contribution in [1.29, 1.82) is 0 Å². The van der Waals surface area contributed by atoms with Crippen LogP contribution in [0.2, 0.25) is 0 Å². The Kier molecular flexibility index (Phi) is 4.29. The van der Waals surface area contributed by atoms with Gasteiger partial charge in [-0.2, -0.15) is 0 Å². The van der Waals surface area contributed by atoms with Gasteiger partial charge in [0, 0.05) is 10.0 Å². The summed E-state index contributed by atoms with van der Waals surface area (Å²) < 4.78 is 8.66. The summed E-state index contributed by atoms with van der Waals surface area (Å²) in [5, 5.41) is 8.97. The van der Waals surface area contributed by atoms with Gasteiger partial charge in [-0.3, -0.25) is 4.79 Å². The van der Waals surface area contributed by atoms with Crippen molar-refractivity contribution in [3.8, 4) is 5.75 Å². The predicted molar refractivity (Wildman–Crippen MR) is 102 cm³/mol. The molecule has 0 aliphatic carbocycles. The molecule has 25 heavy (non-hydrogen) atoms. The Hall–Kier alpha value is -2.22. The van der Waals surface area contributed by atoms with Gasteiger partial charge >= 0.3 is 0 Å². The SMILES string of the molecule is O=c1/c(=C\c2cc(Br)ccc2OCCO)sc2nc3ccccc3n12. The molecule has 5 nitrogen and oxygen atoms in total. The van der Waals surface area contributed by atoms with E-state index < -0.39 is 0 Å². The molecule has 0 fully saturated rings. The molecule has 1 N–H and O–H groups in total. The minimum absolute atomic E-state index is 0.0683. The van der Waals surface area contributed by atoms with Crippen LogP contribution in [0.25, 0.3) is 22.1 Å². The Morgan fingerprint density at radius 1 is 1.28 bits per heavy atom. The van der Waals surface area contributed by atoms with E-state index in [1.165, 1.54) is 11.3 Å². The zero-order valence-corrected chi connectivity index (χ0v) is 15.4. The molecule has 126 valence electrons. The summed E-state index contributed by atoms with van der Waals surface area (Å²) >= 11 is 4.79. The number of benzene rings is 2. The van der Waals surface area contributed by atoms with E-state index in [0.29, 0.717) is 15.2 Å². The Morgan fingerprint density at radius 3 is 2.96 bits per heavy atom. The number of para-hydroxylation sites is 2. The second-order valence-corrected chi connectivity index (χ2v) is 7.31. The molecule has 0 spiro atoms. The fourth-order valence-electron chi connectivity index (χ4n) is 2.67. The molecule has 2 heterocycles. The number of imidazole rings is 1. The number of thiazole rings is 1. The number of nitrogens with zero attached hydrogens (tertiary/aromatic N) is 2. The number of aliphatic hydroxyl groups is 1. The molecule has 4 rings (SSSR count). The molecule has 2 aromatic heterocycles. The summed E-state index contributed by atoms with van der Waals surface area (Å²) in [5.74, 6) is 0.618. The largest absolute Gasteiger partial charge is 0.491 e. The highest BCUT2D eigenvalue weighted by Gasteiger charge is 2.11. The number of ether oxygens (including phenoxy) is 1. The maximum atomic E-state index is 12.8. The van der Waals surface area contributed by atoms with E-state index in [9.17, 15) is 4.79 Å². The average Bonchev–Trinajstić information content (AvgIpc) is 3.11. The minimum Gasteiger partial charge on any atom is -0.491 e. The van der Waals surface area contributed by atoms with Crippen molar-refractivity contribution in [3.63, 3.8) is 0 Å². The number of rotatable bonds is 4. The van der Waals surface area contributed by atoms with Crippen LogP contribution in [-0.2, 0) is 0 Å². The fraction of sp³-hybridized carbons (Fsp3) is 0.111. The van der Waals surface area contributed by atoms with Crippen LogP contribution >= 0.6 is 27.3 Å². The van der Waals surface area contributed by atoms with Crippen molar-refractivity contribution in [1.82, 2.24) is 9.38 Å². The highest BCUT2D eigenvalue weighted by atomic mass is 79.9. The molecule has 0 amide bonds. The molecule has 0 saturated heterocycles. The monoisotopic (exact) mass is 416 g/mol. The lowest BCUT2D eigenvalue weighted by atomic mass is 10.2. The third kappa shape index (κ3) is 2.95. The van der Waals surface area contributed by atoms with Gasteiger partial charge in [-0.05, 0) is 36.4 Å². The molecular weight excluding hydrogens is 404 g/mol. The molecule has 0 radical (unpaired) electrons. The number of fused-ring (bicyclic) bond motifs is 3. The minimum atomic E-state index is -0.0956. The van der Waals surface area contributed by atoms with Crippen LogP contribution in [0.5, 0.6) is 5.75 Å². The maximum Gasteiger partial charge on any atom is 0.274 e. The summed E-state index contributed by atoms with van der Waals surface area (Å²) in [6, 6.07) is 13.1. The van der Waals surface area contributed by atoms with Crippen molar-refractivity contribution in [2.75, 3.05) is 13.2 Å². The second kappa shape index (κ2) is 6.59. The van der Waals surface area contributed by atoms with Gasteiger partial charge in [0.1, 0.15) is 12.4 Å². The molecule has 0 saturated carbocycles. The van der Waals surface area contributed by atoms with Crippen LogP contribution in [0.3, 0.4) is 0 Å². The lowest BCUT2D eigenvalue weighted by Crippen LogP contribution is -2.22. The van der Waals surface area contributed by atoms with Gasteiger partial charge in [0.15, 0.2) is 4.96 Å². The van der Waals surface area contributed by atoms with Crippen molar-refractivity contribution < 1.29 is 9.84 Å². The summed E-state index contributed by atoms with van der Waals surface area (Å²) in [7, 11) is 0. The molecule has 0 aliphatic rings. The smallest absolute Gasteiger partial charge is 0.274 e.